The summed E-state index contributed by atoms with van der Waals surface area (Å²) in [7, 11) is 0. The van der Waals surface area contributed by atoms with E-state index in [-0.39, 0.29) is 17.9 Å². The van der Waals surface area contributed by atoms with E-state index in [0.29, 0.717) is 13.1 Å². The number of rotatable bonds is 2. The highest BCUT2D eigenvalue weighted by Crippen LogP contribution is 2.45. The Labute approximate surface area is 84.0 Å². The molecule has 1 saturated carbocycles. The lowest BCUT2D eigenvalue weighted by Gasteiger charge is -2.16. The van der Waals surface area contributed by atoms with Crippen LogP contribution >= 0.6 is 0 Å². The smallest absolute Gasteiger partial charge is 0.407 e. The minimum atomic E-state index is -4.19. The monoisotopic (exact) mass is 224 g/mol. The van der Waals surface area contributed by atoms with Crippen molar-refractivity contribution in [3.63, 3.8) is 0 Å². The Morgan fingerprint density at radius 2 is 1.93 bits per heavy atom. The Balaban J connectivity index is 1.73. The van der Waals surface area contributed by atoms with Crippen LogP contribution in [0.2, 0.25) is 0 Å². The Kier molecular flexibility index (Phi) is 2.29. The van der Waals surface area contributed by atoms with Gasteiger partial charge in [-0.3, -0.25) is 0 Å². The molecule has 0 bridgehead atoms. The van der Waals surface area contributed by atoms with E-state index in [9.17, 15) is 18.0 Å². The number of carboxylic acid groups (broad SMARTS) is 1. The van der Waals surface area contributed by atoms with Crippen molar-refractivity contribution in [3.8, 4) is 0 Å². The molecule has 1 heterocycles. The topological polar surface area (TPSA) is 52.6 Å². The van der Waals surface area contributed by atoms with Gasteiger partial charge in [-0.1, -0.05) is 0 Å². The maximum atomic E-state index is 11.9. The van der Waals surface area contributed by atoms with Crippen molar-refractivity contribution in [1.29, 1.82) is 0 Å². The normalized spacial score (nSPS) is 34.1. The lowest BCUT2D eigenvalue weighted by Crippen LogP contribution is -2.37. The highest BCUT2D eigenvalue weighted by atomic mass is 19.4. The Morgan fingerprint density at radius 1 is 1.40 bits per heavy atom. The van der Waals surface area contributed by atoms with Crippen molar-refractivity contribution in [2.24, 2.45) is 11.8 Å². The van der Waals surface area contributed by atoms with Crippen LogP contribution in [0.15, 0.2) is 0 Å². The van der Waals surface area contributed by atoms with Crippen molar-refractivity contribution in [2.45, 2.75) is 12.2 Å². The summed E-state index contributed by atoms with van der Waals surface area (Å²) in [5, 5.41) is 11.0. The van der Waals surface area contributed by atoms with Crippen LogP contribution in [0.1, 0.15) is 0 Å². The zero-order valence-electron chi connectivity index (χ0n) is 7.79. The number of nitrogens with zero attached hydrogens (tertiary/aromatic N) is 1. The number of amides is 1. The second-order valence-corrected chi connectivity index (χ2v) is 4.04. The minimum Gasteiger partial charge on any atom is -0.465 e. The first-order chi connectivity index (χ1) is 6.88. The van der Waals surface area contributed by atoms with Gasteiger partial charge in [-0.2, -0.15) is 13.2 Å². The van der Waals surface area contributed by atoms with Gasteiger partial charge < -0.3 is 15.3 Å². The second kappa shape index (κ2) is 3.26. The molecule has 15 heavy (non-hydrogen) atoms. The van der Waals surface area contributed by atoms with E-state index in [0.717, 1.165) is 0 Å². The van der Waals surface area contributed by atoms with Gasteiger partial charge in [0.1, 0.15) is 0 Å². The standard InChI is InChI=1S/C8H11F3N2O2/c9-8(10,11)3-12-6-4-1-13(7(14)15)2-5(4)6/h4-6,12H,1-3H2,(H,14,15)/t4-,5+,6-. The van der Waals surface area contributed by atoms with Gasteiger partial charge in [0, 0.05) is 19.1 Å². The van der Waals surface area contributed by atoms with Crippen LogP contribution in [-0.2, 0) is 0 Å². The van der Waals surface area contributed by atoms with Crippen molar-refractivity contribution in [1.82, 2.24) is 10.2 Å². The third-order valence-corrected chi connectivity index (χ3v) is 3.00. The molecule has 0 spiro atoms. The van der Waals surface area contributed by atoms with Crippen molar-refractivity contribution in [2.75, 3.05) is 19.6 Å². The Hall–Kier alpha value is -0.980. The first-order valence-electron chi connectivity index (χ1n) is 4.66. The minimum absolute atomic E-state index is 0.0726. The van der Waals surface area contributed by atoms with E-state index in [1.165, 1.54) is 4.90 Å². The van der Waals surface area contributed by atoms with Gasteiger partial charge in [0.05, 0.1) is 6.54 Å². The summed E-state index contributed by atoms with van der Waals surface area (Å²) in [6, 6.07) is -0.151. The van der Waals surface area contributed by atoms with E-state index in [1.54, 1.807) is 0 Å². The van der Waals surface area contributed by atoms with E-state index < -0.39 is 18.8 Å². The average molecular weight is 224 g/mol. The number of carbonyl (C=O) groups is 1. The molecule has 86 valence electrons. The number of likely N-dealkylation sites (tertiary alicyclic amines) is 1. The van der Waals surface area contributed by atoms with Gasteiger partial charge in [-0.15, -0.1) is 0 Å². The molecule has 2 rings (SSSR count). The second-order valence-electron chi connectivity index (χ2n) is 4.04. The lowest BCUT2D eigenvalue weighted by atomic mass is 10.4. The van der Waals surface area contributed by atoms with Gasteiger partial charge in [-0.05, 0) is 11.8 Å². The third-order valence-electron chi connectivity index (χ3n) is 3.00. The summed E-state index contributed by atoms with van der Waals surface area (Å²) in [5.41, 5.74) is 0. The molecule has 7 heteroatoms. The van der Waals surface area contributed by atoms with Crippen LogP contribution in [0, 0.1) is 11.8 Å². The molecule has 0 unspecified atom stereocenters. The molecule has 2 fully saturated rings. The third kappa shape index (κ3) is 2.17. The summed E-state index contributed by atoms with van der Waals surface area (Å²) in [4.78, 5) is 11.8. The first kappa shape index (κ1) is 10.5. The largest absolute Gasteiger partial charge is 0.465 e. The van der Waals surface area contributed by atoms with Gasteiger partial charge in [-0.25, -0.2) is 4.79 Å². The maximum absolute atomic E-state index is 11.9. The predicted octanol–water partition coefficient (Wildman–Crippen LogP) is 0.746. The van der Waals surface area contributed by atoms with Gasteiger partial charge in [0.2, 0.25) is 0 Å². The quantitative estimate of drug-likeness (QED) is 0.727. The maximum Gasteiger partial charge on any atom is 0.407 e. The molecule has 4 nitrogen and oxygen atoms in total. The van der Waals surface area contributed by atoms with Crippen molar-refractivity contribution >= 4 is 6.09 Å². The highest BCUT2D eigenvalue weighted by Gasteiger charge is 2.57. The highest BCUT2D eigenvalue weighted by molar-refractivity contribution is 5.65. The molecule has 2 N–H and O–H groups in total. The van der Waals surface area contributed by atoms with E-state index in [4.69, 9.17) is 5.11 Å². The number of halogens is 3. The molecule has 1 aliphatic heterocycles. The Morgan fingerprint density at radius 3 is 2.33 bits per heavy atom. The van der Waals surface area contributed by atoms with Crippen LogP contribution < -0.4 is 5.32 Å². The van der Waals surface area contributed by atoms with Crippen molar-refractivity contribution in [3.05, 3.63) is 0 Å². The van der Waals surface area contributed by atoms with Crippen LogP contribution in [0.5, 0.6) is 0 Å². The SMILES string of the molecule is O=C(O)N1C[C@@H]2[C@H](C1)[C@@H]2NCC(F)(F)F. The number of hydrogen-bond acceptors (Lipinski definition) is 2. The summed E-state index contributed by atoms with van der Waals surface area (Å²) in [6.07, 6.45) is -5.18. The molecule has 0 aromatic heterocycles. The zero-order chi connectivity index (χ0) is 11.2. The fraction of sp³-hybridized carbons (Fsp3) is 0.875. The number of alkyl halides is 3. The number of nitrogens with one attached hydrogen (secondary N) is 1. The van der Waals surface area contributed by atoms with Crippen LogP contribution in [0.25, 0.3) is 0 Å². The molecular formula is C8H11F3N2O2. The molecule has 0 aromatic carbocycles. The molecule has 0 aromatic rings. The van der Waals surface area contributed by atoms with Crippen LogP contribution in [0.4, 0.5) is 18.0 Å². The number of piperidine rings is 1. The van der Waals surface area contributed by atoms with E-state index in [2.05, 4.69) is 5.32 Å². The predicted molar refractivity (Wildman–Crippen MR) is 44.4 cm³/mol. The summed E-state index contributed by atoms with van der Waals surface area (Å²) in [5.74, 6) is 0.145. The van der Waals surface area contributed by atoms with Gasteiger partial charge in [0.15, 0.2) is 0 Å². The molecular weight excluding hydrogens is 213 g/mol. The molecule has 1 amide bonds. The van der Waals surface area contributed by atoms with Crippen LogP contribution in [0.3, 0.4) is 0 Å². The molecule has 3 atom stereocenters. The fourth-order valence-electron chi connectivity index (χ4n) is 2.22. The van der Waals surface area contributed by atoms with Gasteiger partial charge >= 0.3 is 12.3 Å². The fourth-order valence-corrected chi connectivity index (χ4v) is 2.22. The van der Waals surface area contributed by atoms with E-state index >= 15 is 0 Å². The summed E-state index contributed by atoms with van der Waals surface area (Å²) >= 11 is 0. The first-order valence-corrected chi connectivity index (χ1v) is 4.66. The molecule has 0 radical (unpaired) electrons. The van der Waals surface area contributed by atoms with Crippen LogP contribution in [-0.4, -0.2) is 48.0 Å². The van der Waals surface area contributed by atoms with Gasteiger partial charge in [0.25, 0.3) is 0 Å². The van der Waals surface area contributed by atoms with Crippen molar-refractivity contribution < 1.29 is 23.1 Å². The zero-order valence-corrected chi connectivity index (χ0v) is 7.79. The number of hydrogen-bond donors (Lipinski definition) is 2. The summed E-state index contributed by atoms with van der Waals surface area (Å²) < 4.78 is 35.6. The molecule has 1 aliphatic carbocycles. The molecule has 2 aliphatic rings. The number of fused-ring (bicyclic) bond motifs is 1. The van der Waals surface area contributed by atoms with E-state index in [1.807, 2.05) is 0 Å². The molecule has 1 saturated heterocycles. The Bertz CT molecular complexity index is 270. The lowest BCUT2D eigenvalue weighted by molar-refractivity contribution is -0.125. The summed E-state index contributed by atoms with van der Waals surface area (Å²) in [6.45, 7) is -0.275. The average Bonchev–Trinajstić information content (AvgIpc) is 2.55.